The molecule has 2 N–H and O–H groups in total. The molecule has 3 heterocycles. The first kappa shape index (κ1) is 27.6. The molecule has 2 atom stereocenters. The number of carbonyl (C=O) groups is 2. The van der Waals surface area contributed by atoms with Gasteiger partial charge in [0.15, 0.2) is 0 Å². The van der Waals surface area contributed by atoms with Crippen molar-refractivity contribution in [2.75, 3.05) is 19.7 Å². The molecule has 1 spiro atoms. The summed E-state index contributed by atoms with van der Waals surface area (Å²) in [6.45, 7) is 3.00. The number of aromatic nitrogens is 1. The first-order valence-electron chi connectivity index (χ1n) is 10.3. The lowest BCUT2D eigenvalue weighted by Crippen LogP contribution is -2.41. The first-order chi connectivity index (χ1) is 15.7. The summed E-state index contributed by atoms with van der Waals surface area (Å²) in [7, 11) is 0. The van der Waals surface area contributed by atoms with E-state index in [9.17, 15) is 26.3 Å². The Labute approximate surface area is 190 Å². The molecular formula is C20H24F6N2O6. The largest absolute Gasteiger partial charge is 0.490 e. The van der Waals surface area contributed by atoms with Gasteiger partial charge in [0.1, 0.15) is 6.10 Å². The molecule has 3 aliphatic rings. The van der Waals surface area contributed by atoms with Gasteiger partial charge in [-0.1, -0.05) is 12.5 Å². The Kier molecular flexibility index (Phi) is 9.11. The van der Waals surface area contributed by atoms with Crippen LogP contribution in [-0.4, -0.2) is 81.8 Å². The van der Waals surface area contributed by atoms with E-state index in [1.165, 1.54) is 25.8 Å². The molecule has 0 unspecified atom stereocenters. The van der Waals surface area contributed by atoms with Crippen molar-refractivity contribution in [1.82, 2.24) is 9.88 Å². The topological polar surface area (TPSA) is 109 Å². The highest BCUT2D eigenvalue weighted by molar-refractivity contribution is 5.73. The van der Waals surface area contributed by atoms with E-state index in [1.54, 1.807) is 6.20 Å². The second-order valence-corrected chi connectivity index (χ2v) is 8.02. The lowest BCUT2D eigenvalue weighted by molar-refractivity contribution is -0.193. The van der Waals surface area contributed by atoms with Crippen LogP contribution in [0.2, 0.25) is 0 Å². The molecule has 0 amide bonds. The molecule has 3 fully saturated rings. The number of carboxylic acid groups (broad SMARTS) is 2. The van der Waals surface area contributed by atoms with E-state index in [2.05, 4.69) is 9.88 Å². The average Bonchev–Trinajstić information content (AvgIpc) is 3.27. The number of aliphatic carboxylic acids is 2. The predicted octanol–water partition coefficient (Wildman–Crippen LogP) is 3.51. The first-order valence-corrected chi connectivity index (χ1v) is 10.3. The summed E-state index contributed by atoms with van der Waals surface area (Å²) >= 11 is 0. The fourth-order valence-electron chi connectivity index (χ4n) is 3.69. The molecule has 0 aromatic carbocycles. The van der Waals surface area contributed by atoms with Crippen LogP contribution in [0.25, 0.3) is 0 Å². The monoisotopic (exact) mass is 502 g/mol. The maximum atomic E-state index is 10.6. The van der Waals surface area contributed by atoms with Gasteiger partial charge in [-0.2, -0.15) is 26.3 Å². The Balaban J connectivity index is 0.000000244. The lowest BCUT2D eigenvalue weighted by atomic mass is 9.91. The highest BCUT2D eigenvalue weighted by Gasteiger charge is 2.48. The molecule has 2 aliphatic heterocycles. The van der Waals surface area contributed by atoms with E-state index in [-0.39, 0.29) is 11.7 Å². The van der Waals surface area contributed by atoms with E-state index in [1.807, 2.05) is 18.2 Å². The van der Waals surface area contributed by atoms with Crippen LogP contribution in [-0.2, 0) is 14.3 Å². The Morgan fingerprint density at radius 3 is 2.12 bits per heavy atom. The average molecular weight is 502 g/mol. The van der Waals surface area contributed by atoms with E-state index in [4.69, 9.17) is 29.3 Å². The van der Waals surface area contributed by atoms with Crippen LogP contribution in [0.1, 0.15) is 32.1 Å². The second kappa shape index (κ2) is 11.2. The van der Waals surface area contributed by atoms with Gasteiger partial charge in [0.05, 0.1) is 12.2 Å². The minimum atomic E-state index is -5.08. The van der Waals surface area contributed by atoms with Crippen LogP contribution in [0, 0.1) is 0 Å². The molecule has 0 radical (unpaired) electrons. The van der Waals surface area contributed by atoms with Gasteiger partial charge in [-0.05, 0) is 25.3 Å². The van der Waals surface area contributed by atoms with Gasteiger partial charge >= 0.3 is 24.3 Å². The van der Waals surface area contributed by atoms with Crippen molar-refractivity contribution in [3.05, 3.63) is 24.4 Å². The summed E-state index contributed by atoms with van der Waals surface area (Å²) in [5.41, 5.74) is 0.0506. The fourth-order valence-corrected chi connectivity index (χ4v) is 3.69. The number of alkyl halides is 6. The fraction of sp³-hybridized carbons (Fsp3) is 0.650. The molecule has 1 aliphatic carbocycles. The van der Waals surface area contributed by atoms with Crippen molar-refractivity contribution in [3.63, 3.8) is 0 Å². The molecule has 34 heavy (non-hydrogen) atoms. The summed E-state index contributed by atoms with van der Waals surface area (Å²) < 4.78 is 75.6. The molecule has 1 saturated carbocycles. The van der Waals surface area contributed by atoms with Gasteiger partial charge in [0.2, 0.25) is 5.88 Å². The number of ether oxygens (including phenoxy) is 2. The summed E-state index contributed by atoms with van der Waals surface area (Å²) in [5, 5.41) is 14.2. The Morgan fingerprint density at radius 2 is 1.68 bits per heavy atom. The number of hydrogen-bond acceptors (Lipinski definition) is 6. The smallest absolute Gasteiger partial charge is 0.475 e. The van der Waals surface area contributed by atoms with E-state index < -0.39 is 24.3 Å². The molecule has 2 saturated heterocycles. The van der Waals surface area contributed by atoms with E-state index >= 15 is 0 Å². The quantitative estimate of drug-likeness (QED) is 0.605. The molecule has 1 aromatic heterocycles. The van der Waals surface area contributed by atoms with Crippen LogP contribution >= 0.6 is 0 Å². The van der Waals surface area contributed by atoms with Gasteiger partial charge in [-0.25, -0.2) is 14.6 Å². The van der Waals surface area contributed by atoms with Crippen molar-refractivity contribution in [2.24, 2.45) is 0 Å². The molecule has 14 heteroatoms. The van der Waals surface area contributed by atoms with Gasteiger partial charge in [0, 0.05) is 37.8 Å². The predicted molar refractivity (Wildman–Crippen MR) is 103 cm³/mol. The number of hydrogen-bond donors (Lipinski definition) is 2. The number of halogens is 6. The van der Waals surface area contributed by atoms with Crippen LogP contribution in [0.3, 0.4) is 0 Å². The van der Waals surface area contributed by atoms with E-state index in [0.29, 0.717) is 12.5 Å². The maximum absolute atomic E-state index is 10.6. The van der Waals surface area contributed by atoms with Crippen LogP contribution in [0.15, 0.2) is 24.4 Å². The zero-order chi connectivity index (χ0) is 25.6. The standard InChI is InChI=1S/C16H22N2O2.2C2HF3O2/c1-2-8-17-15(6-1)20-14-10-16(19-11-14)7-9-18(12-16)13-4-3-5-13;2*3-2(4,5)1(6)7/h1-2,6,8,13-14H,3-5,7,9-12H2;2*(H,6,7)/t14-,16-;;/m0../s1. The van der Waals surface area contributed by atoms with Gasteiger partial charge in [-0.3, -0.25) is 4.90 Å². The number of likely N-dealkylation sites (tertiary alicyclic amines) is 1. The molecule has 192 valence electrons. The maximum Gasteiger partial charge on any atom is 0.490 e. The molecule has 0 bridgehead atoms. The van der Waals surface area contributed by atoms with Crippen LogP contribution in [0.4, 0.5) is 26.3 Å². The third-order valence-electron chi connectivity index (χ3n) is 5.52. The summed E-state index contributed by atoms with van der Waals surface area (Å²) in [5.74, 6) is -4.80. The highest BCUT2D eigenvalue weighted by atomic mass is 19.4. The van der Waals surface area contributed by atoms with E-state index in [0.717, 1.165) is 25.4 Å². The normalized spacial score (nSPS) is 24.9. The summed E-state index contributed by atoms with van der Waals surface area (Å²) in [4.78, 5) is 24.7. The highest BCUT2D eigenvalue weighted by Crippen LogP contribution is 2.39. The third kappa shape index (κ3) is 8.31. The van der Waals surface area contributed by atoms with Crippen LogP contribution < -0.4 is 4.74 Å². The second-order valence-electron chi connectivity index (χ2n) is 8.02. The molecule has 8 nitrogen and oxygen atoms in total. The SMILES string of the molecule is O=C(O)C(F)(F)F.O=C(O)C(F)(F)F.c1ccc(O[C@@H]2CO[C@@]3(CCN(C4CCC4)C3)C2)nc1. The zero-order valence-electron chi connectivity index (χ0n) is 17.8. The van der Waals surface area contributed by atoms with Crippen LogP contribution in [0.5, 0.6) is 5.88 Å². The molecule has 4 rings (SSSR count). The lowest BCUT2D eigenvalue weighted by Gasteiger charge is -2.35. The summed E-state index contributed by atoms with van der Waals surface area (Å²) in [6.07, 6.45) is -1.91. The minimum Gasteiger partial charge on any atom is -0.475 e. The molecular weight excluding hydrogens is 478 g/mol. The zero-order valence-corrected chi connectivity index (χ0v) is 17.8. The Morgan fingerprint density at radius 1 is 1.09 bits per heavy atom. The van der Waals surface area contributed by atoms with Crippen molar-refractivity contribution in [1.29, 1.82) is 0 Å². The number of rotatable bonds is 3. The Bertz CT molecular complexity index is 794. The van der Waals surface area contributed by atoms with Crippen molar-refractivity contribution in [3.8, 4) is 5.88 Å². The third-order valence-corrected chi connectivity index (χ3v) is 5.52. The van der Waals surface area contributed by atoms with Crippen molar-refractivity contribution < 1.29 is 55.6 Å². The number of nitrogens with zero attached hydrogens (tertiary/aromatic N) is 2. The molecule has 1 aromatic rings. The van der Waals surface area contributed by atoms with Gasteiger partial charge < -0.3 is 19.7 Å². The Hall–Kier alpha value is -2.61. The van der Waals surface area contributed by atoms with Gasteiger partial charge in [0.25, 0.3) is 0 Å². The number of carboxylic acids is 2. The van der Waals surface area contributed by atoms with Gasteiger partial charge in [-0.15, -0.1) is 0 Å². The van der Waals surface area contributed by atoms with Crippen molar-refractivity contribution >= 4 is 11.9 Å². The van der Waals surface area contributed by atoms with Crippen molar-refractivity contribution in [2.45, 2.75) is 62.2 Å². The summed E-state index contributed by atoms with van der Waals surface area (Å²) in [6, 6.07) is 6.61. The number of pyridine rings is 1. The minimum absolute atomic E-state index is 0.0506.